The number of hydrogen-bond acceptors (Lipinski definition) is 4. The molecule has 0 aromatic carbocycles. The molecule has 1 N–H and O–H groups in total. The lowest BCUT2D eigenvalue weighted by atomic mass is 10.1. The predicted octanol–water partition coefficient (Wildman–Crippen LogP) is 0.350. The molecule has 0 amide bonds. The van der Waals surface area contributed by atoms with E-state index in [4.69, 9.17) is 4.74 Å². The lowest BCUT2D eigenvalue weighted by molar-refractivity contribution is -0.0479. The van der Waals surface area contributed by atoms with Gasteiger partial charge in [-0.1, -0.05) is 0 Å². The largest absolute Gasteiger partial charge is 0.374 e. The number of hydrogen-bond donors (Lipinski definition) is 1. The maximum atomic E-state index is 11.3. The van der Waals surface area contributed by atoms with Gasteiger partial charge in [0.15, 0.2) is 0 Å². The molecule has 0 aromatic rings. The lowest BCUT2D eigenvalue weighted by Crippen LogP contribution is -2.51. The summed E-state index contributed by atoms with van der Waals surface area (Å²) in [6.45, 7) is 4.23. The summed E-state index contributed by atoms with van der Waals surface area (Å²) in [6.07, 6.45) is 5.13. The van der Waals surface area contributed by atoms with Crippen molar-refractivity contribution >= 4 is 10.8 Å². The zero-order valence-corrected chi connectivity index (χ0v) is 11.8. The summed E-state index contributed by atoms with van der Waals surface area (Å²) in [5, 5.41) is 3.61. The maximum Gasteiger partial charge on any atom is 0.0827 e. The van der Waals surface area contributed by atoms with E-state index < -0.39 is 10.8 Å². The summed E-state index contributed by atoms with van der Waals surface area (Å²) >= 11 is 0. The molecule has 2 atom stereocenters. The molecular formula is C13H24N2O2S. The molecule has 2 unspecified atom stereocenters. The lowest BCUT2D eigenvalue weighted by Gasteiger charge is -2.36. The summed E-state index contributed by atoms with van der Waals surface area (Å²) in [5.41, 5.74) is 0. The zero-order chi connectivity index (χ0) is 12.4. The molecule has 3 heterocycles. The fraction of sp³-hybridized carbons (Fsp3) is 1.00. The van der Waals surface area contributed by atoms with Crippen molar-refractivity contribution in [1.29, 1.82) is 0 Å². The van der Waals surface area contributed by atoms with Crippen LogP contribution in [0.5, 0.6) is 0 Å². The highest BCUT2D eigenvalue weighted by atomic mass is 32.2. The van der Waals surface area contributed by atoms with E-state index in [2.05, 4.69) is 10.2 Å². The molecule has 0 radical (unpaired) electrons. The van der Waals surface area contributed by atoms with E-state index in [1.165, 1.54) is 19.4 Å². The Labute approximate surface area is 112 Å². The van der Waals surface area contributed by atoms with E-state index in [0.29, 0.717) is 18.2 Å². The molecule has 3 saturated heterocycles. The van der Waals surface area contributed by atoms with E-state index in [-0.39, 0.29) is 0 Å². The molecular weight excluding hydrogens is 248 g/mol. The average Bonchev–Trinajstić information content (AvgIpc) is 2.85. The van der Waals surface area contributed by atoms with Crippen LogP contribution in [0.25, 0.3) is 0 Å². The van der Waals surface area contributed by atoms with Crippen LogP contribution < -0.4 is 5.32 Å². The van der Waals surface area contributed by atoms with Gasteiger partial charge in [0.25, 0.3) is 0 Å². The van der Waals surface area contributed by atoms with Crippen molar-refractivity contribution < 1.29 is 8.95 Å². The molecule has 4 nitrogen and oxygen atoms in total. The van der Waals surface area contributed by atoms with Crippen LogP contribution in [0.1, 0.15) is 25.7 Å². The van der Waals surface area contributed by atoms with Crippen LogP contribution >= 0.6 is 0 Å². The van der Waals surface area contributed by atoms with Crippen molar-refractivity contribution in [3.8, 4) is 0 Å². The first-order valence-electron chi connectivity index (χ1n) is 7.25. The third kappa shape index (κ3) is 3.13. The highest BCUT2D eigenvalue weighted by molar-refractivity contribution is 7.85. The van der Waals surface area contributed by atoms with Gasteiger partial charge in [-0.25, -0.2) is 0 Å². The summed E-state index contributed by atoms with van der Waals surface area (Å²) in [7, 11) is -0.552. The second-order valence-corrected chi connectivity index (χ2v) is 7.47. The minimum atomic E-state index is -0.552. The second kappa shape index (κ2) is 5.99. The van der Waals surface area contributed by atoms with Gasteiger partial charge >= 0.3 is 0 Å². The highest BCUT2D eigenvalue weighted by Gasteiger charge is 2.32. The van der Waals surface area contributed by atoms with Gasteiger partial charge in [0.1, 0.15) is 0 Å². The van der Waals surface area contributed by atoms with Crippen LogP contribution in [0, 0.1) is 0 Å². The summed E-state index contributed by atoms with van der Waals surface area (Å²) in [6, 6.07) is 1.25. The molecule has 3 aliphatic rings. The molecule has 0 aliphatic carbocycles. The minimum absolute atomic E-state index is 0.353. The molecule has 0 bridgehead atoms. The van der Waals surface area contributed by atoms with E-state index in [0.717, 1.165) is 44.0 Å². The van der Waals surface area contributed by atoms with Crippen molar-refractivity contribution in [3.05, 3.63) is 0 Å². The number of morpholine rings is 1. The molecule has 0 aromatic heterocycles. The Kier molecular flexibility index (Phi) is 4.34. The molecule has 3 rings (SSSR count). The fourth-order valence-electron chi connectivity index (χ4n) is 3.31. The Hall–Kier alpha value is 0.0300. The normalized spacial score (nSPS) is 41.8. The van der Waals surface area contributed by atoms with Crippen LogP contribution in [0.2, 0.25) is 0 Å². The first kappa shape index (κ1) is 13.0. The minimum Gasteiger partial charge on any atom is -0.374 e. The molecule has 3 fully saturated rings. The number of ether oxygens (including phenoxy) is 1. The van der Waals surface area contributed by atoms with E-state index in [9.17, 15) is 4.21 Å². The third-order valence-corrected chi connectivity index (χ3v) is 5.87. The van der Waals surface area contributed by atoms with Gasteiger partial charge in [-0.3, -0.25) is 9.11 Å². The second-order valence-electron chi connectivity index (χ2n) is 5.78. The van der Waals surface area contributed by atoms with Crippen molar-refractivity contribution in [2.75, 3.05) is 37.7 Å². The predicted molar refractivity (Wildman–Crippen MR) is 73.2 cm³/mol. The maximum absolute atomic E-state index is 11.3. The highest BCUT2D eigenvalue weighted by Crippen LogP contribution is 2.22. The van der Waals surface area contributed by atoms with Crippen molar-refractivity contribution in [2.45, 2.75) is 43.9 Å². The number of fused-ring (bicyclic) bond motifs is 1. The Morgan fingerprint density at radius 3 is 2.94 bits per heavy atom. The van der Waals surface area contributed by atoms with E-state index in [1.807, 2.05) is 0 Å². The number of nitrogens with one attached hydrogen (secondary N) is 1. The molecule has 104 valence electrons. The Morgan fingerprint density at radius 1 is 1.28 bits per heavy atom. The standard InChI is InChI=1S/C13H24N2O2S/c16-18-6-3-11(4-7-18)14-8-13-9-15-5-1-2-12(15)10-17-13/h11-14H,1-10H2. The quantitative estimate of drug-likeness (QED) is 0.805. The van der Waals surface area contributed by atoms with Gasteiger partial charge in [0, 0.05) is 47.5 Å². The zero-order valence-electron chi connectivity index (χ0n) is 11.0. The monoisotopic (exact) mass is 272 g/mol. The first-order valence-corrected chi connectivity index (χ1v) is 8.74. The van der Waals surface area contributed by atoms with Crippen LogP contribution in [0.4, 0.5) is 0 Å². The van der Waals surface area contributed by atoms with E-state index >= 15 is 0 Å². The van der Waals surface area contributed by atoms with Crippen molar-refractivity contribution in [3.63, 3.8) is 0 Å². The summed E-state index contributed by atoms with van der Waals surface area (Å²) in [5.74, 6) is 1.74. The average molecular weight is 272 g/mol. The Morgan fingerprint density at radius 2 is 2.11 bits per heavy atom. The molecule has 0 spiro atoms. The molecule has 18 heavy (non-hydrogen) atoms. The van der Waals surface area contributed by atoms with E-state index in [1.54, 1.807) is 0 Å². The molecule has 3 aliphatic heterocycles. The van der Waals surface area contributed by atoms with Gasteiger partial charge < -0.3 is 10.1 Å². The Balaban J connectivity index is 1.39. The summed E-state index contributed by atoms with van der Waals surface area (Å²) < 4.78 is 17.2. The molecule has 5 heteroatoms. The topological polar surface area (TPSA) is 41.6 Å². The smallest absolute Gasteiger partial charge is 0.0827 e. The Bertz CT molecular complexity index is 303. The van der Waals surface area contributed by atoms with Gasteiger partial charge in [0.05, 0.1) is 12.7 Å². The molecule has 0 saturated carbocycles. The van der Waals surface area contributed by atoms with Crippen LogP contribution in [-0.4, -0.2) is 65.0 Å². The van der Waals surface area contributed by atoms with Crippen LogP contribution in [0.15, 0.2) is 0 Å². The number of rotatable bonds is 3. The fourth-order valence-corrected chi connectivity index (χ4v) is 4.60. The van der Waals surface area contributed by atoms with Crippen LogP contribution in [0.3, 0.4) is 0 Å². The van der Waals surface area contributed by atoms with Gasteiger partial charge in [-0.2, -0.15) is 0 Å². The van der Waals surface area contributed by atoms with Gasteiger partial charge in [-0.15, -0.1) is 0 Å². The SMILES string of the molecule is O=S1CCC(NCC2CN3CCCC3CO2)CC1. The van der Waals surface area contributed by atoms with Crippen molar-refractivity contribution in [2.24, 2.45) is 0 Å². The number of nitrogens with zero attached hydrogens (tertiary/aromatic N) is 1. The van der Waals surface area contributed by atoms with Crippen LogP contribution in [-0.2, 0) is 15.5 Å². The first-order chi connectivity index (χ1) is 8.81. The third-order valence-electron chi connectivity index (χ3n) is 4.48. The summed E-state index contributed by atoms with van der Waals surface area (Å²) in [4.78, 5) is 2.59. The van der Waals surface area contributed by atoms with Gasteiger partial charge in [0.2, 0.25) is 0 Å². The van der Waals surface area contributed by atoms with Gasteiger partial charge in [-0.05, 0) is 32.2 Å². The van der Waals surface area contributed by atoms with Crippen molar-refractivity contribution in [1.82, 2.24) is 10.2 Å².